The molecule has 0 amide bonds. The molecule has 0 unspecified atom stereocenters. The normalized spacial score (nSPS) is 18.0. The van der Waals surface area contributed by atoms with Crippen molar-refractivity contribution in [1.29, 1.82) is 0 Å². The van der Waals surface area contributed by atoms with Crippen LogP contribution in [-0.4, -0.2) is 132 Å². The molecule has 304 valence electrons. The average Bonchev–Trinajstić information content (AvgIpc) is 3.86. The van der Waals surface area contributed by atoms with E-state index in [1.165, 1.54) is 34.2 Å². The molecule has 0 atom stereocenters. The molecule has 0 saturated carbocycles. The van der Waals surface area contributed by atoms with Crippen LogP contribution in [0.3, 0.4) is 0 Å². The summed E-state index contributed by atoms with van der Waals surface area (Å²) >= 11 is 0. The minimum atomic E-state index is -1.65. The number of hydrogen-bond acceptors (Lipinski definition) is 13. The molecule has 3 N–H and O–H groups in total. The molecule has 4 fully saturated rings. The maximum atomic E-state index is 8.47. The second-order valence-corrected chi connectivity index (χ2v) is 12.7. The third-order valence-electron chi connectivity index (χ3n) is 7.82. The molecule has 3 aromatic carbocycles. The van der Waals surface area contributed by atoms with Crippen LogP contribution in [0, 0.1) is 16.9 Å². The van der Waals surface area contributed by atoms with Gasteiger partial charge in [0.25, 0.3) is 0 Å². The molecule has 0 aliphatic carbocycles. The molecule has 4 saturated heterocycles. The van der Waals surface area contributed by atoms with Crippen molar-refractivity contribution in [2.24, 2.45) is 10.8 Å². The Bertz CT molecular complexity index is 1170. The van der Waals surface area contributed by atoms with Gasteiger partial charge in [0.15, 0.2) is 0 Å². The predicted octanol–water partition coefficient (Wildman–Crippen LogP) is -7.26. The van der Waals surface area contributed by atoms with Crippen LogP contribution in [0.5, 0.6) is 0 Å². The zero-order valence-electron chi connectivity index (χ0n) is 36.4. The minimum Gasteiger partial charge on any atom is -0.857 e. The second kappa shape index (κ2) is 39.3. The fourth-order valence-electron chi connectivity index (χ4n) is 4.45. The van der Waals surface area contributed by atoms with Crippen LogP contribution in [0.15, 0.2) is 91.0 Å². The molecule has 4 aliphatic rings. The molecule has 13 nitrogen and oxygen atoms in total. The van der Waals surface area contributed by atoms with E-state index in [1.54, 1.807) is 21.1 Å². The number of fused-ring (bicyclic) bond motifs is 3. The zero-order valence-corrected chi connectivity index (χ0v) is 36.4. The monoisotopic (exact) mass is 780 g/mol. The standard InChI is InChI=1S/C11H14BO3.C8H11BO2.C6H5.C5H12O3.C4H8O.C3H9BO3.CH3O.3Li/c1-11-7-13-12(14-8-11,15-9-11)10-5-3-2-4-6-10;1-10-9(11-2)8-6-4-3-5-7-8;1-2-4-6-5-3-1;1-5(2-6,3-7)4-8;1-2-4-5-3-1;1-5-4(6-2)7-3;1-2;;;/h2-6H,7-9H2,1H3;3-7H,1-2H3;1-5H;6-8H,2-4H2,1H3;1-4H2;1-3H3;1H3;;;/q-1;;-1;;;;-1;3*+1. The van der Waals surface area contributed by atoms with Gasteiger partial charge in [0.05, 0.1) is 19.8 Å². The van der Waals surface area contributed by atoms with Crippen molar-refractivity contribution in [3.05, 3.63) is 97.1 Å². The number of hydrogen-bond donors (Lipinski definition) is 3. The Morgan fingerprint density at radius 3 is 1.30 bits per heavy atom. The molecular formula is C38H62B3Li3O13. The Morgan fingerprint density at radius 2 is 1.05 bits per heavy atom. The summed E-state index contributed by atoms with van der Waals surface area (Å²) in [7, 11) is 7.78. The van der Waals surface area contributed by atoms with E-state index >= 15 is 0 Å². The summed E-state index contributed by atoms with van der Waals surface area (Å²) in [5.41, 5.74) is 1.37. The van der Waals surface area contributed by atoms with E-state index in [2.05, 4.69) is 27.0 Å². The zero-order chi connectivity index (χ0) is 40.6. The van der Waals surface area contributed by atoms with Gasteiger partial charge < -0.3 is 62.4 Å². The molecule has 4 heterocycles. The van der Waals surface area contributed by atoms with Crippen molar-refractivity contribution in [2.45, 2.75) is 26.7 Å². The van der Waals surface area contributed by atoms with Crippen LogP contribution < -0.4 is 72.6 Å². The van der Waals surface area contributed by atoms with Gasteiger partial charge >= 0.3 is 77.8 Å². The summed E-state index contributed by atoms with van der Waals surface area (Å²) in [4.78, 5) is 0. The molecule has 57 heavy (non-hydrogen) atoms. The molecule has 7 rings (SSSR count). The Kier molecular flexibility index (Phi) is 43.3. The molecule has 19 heteroatoms. The SMILES string of the molecule is C1CCOC1.CC(CO)(CO)CO.CC12CO[B-](c3ccccc3)(OC1)OC2.COB(OC)OC.COB(OC)c1ccccc1.C[O-].[Li+].[Li+].[Li+].[c-]1ccccc1. The van der Waals surface area contributed by atoms with Gasteiger partial charge in [-0.05, 0) is 18.3 Å². The molecule has 3 aromatic rings. The van der Waals surface area contributed by atoms with Gasteiger partial charge in [-0.1, -0.05) is 74.5 Å². The van der Waals surface area contributed by atoms with Crippen LogP contribution in [0.1, 0.15) is 26.7 Å². The number of aliphatic hydroxyl groups excluding tert-OH is 3. The fourth-order valence-corrected chi connectivity index (χ4v) is 4.45. The Labute approximate surface area is 379 Å². The molecule has 0 spiro atoms. The van der Waals surface area contributed by atoms with Crippen LogP contribution in [0.2, 0.25) is 0 Å². The Balaban J connectivity index is -0.000000302. The van der Waals surface area contributed by atoms with E-state index < -0.39 is 19.5 Å². The minimum absolute atomic E-state index is 0. The summed E-state index contributed by atoms with van der Waals surface area (Å²) in [6, 6.07) is 32.2. The van der Waals surface area contributed by atoms with Crippen molar-refractivity contribution in [3.8, 4) is 0 Å². The molecular weight excluding hydrogens is 718 g/mol. The molecule has 4 aliphatic heterocycles. The quantitative estimate of drug-likeness (QED) is 0.132. The fraction of sp³-hybridized carbons (Fsp3) is 0.526. The number of rotatable bonds is 10. The first kappa shape index (κ1) is 62.8. The maximum Gasteiger partial charge on any atom is 1.00 e. The maximum absolute atomic E-state index is 8.47. The molecule has 0 radical (unpaired) electrons. The van der Waals surface area contributed by atoms with Gasteiger partial charge in [0.1, 0.15) is 0 Å². The van der Waals surface area contributed by atoms with Crippen molar-refractivity contribution in [1.82, 2.24) is 0 Å². The van der Waals surface area contributed by atoms with Crippen molar-refractivity contribution in [3.63, 3.8) is 0 Å². The largest absolute Gasteiger partial charge is 1.00 e. The third kappa shape index (κ3) is 26.8. The second-order valence-electron chi connectivity index (χ2n) is 12.7. The summed E-state index contributed by atoms with van der Waals surface area (Å²) in [6.07, 6.45) is 2.56. The number of benzene rings is 3. The van der Waals surface area contributed by atoms with E-state index in [4.69, 9.17) is 48.4 Å². The summed E-state index contributed by atoms with van der Waals surface area (Å²) in [5.74, 6) is 0. The first-order valence-electron chi connectivity index (χ1n) is 17.7. The predicted molar refractivity (Wildman–Crippen MR) is 211 cm³/mol. The Morgan fingerprint density at radius 1 is 0.667 bits per heavy atom. The van der Waals surface area contributed by atoms with Crippen molar-refractivity contribution in [2.75, 3.05) is 95.5 Å². The summed E-state index contributed by atoms with van der Waals surface area (Å²) in [6.45, 7) is 5.71. The van der Waals surface area contributed by atoms with E-state index in [9.17, 15) is 0 Å². The van der Waals surface area contributed by atoms with Crippen LogP contribution in [0.4, 0.5) is 0 Å². The van der Waals surface area contributed by atoms with E-state index in [0.29, 0.717) is 0 Å². The third-order valence-corrected chi connectivity index (χ3v) is 7.82. The van der Waals surface area contributed by atoms with Crippen molar-refractivity contribution < 1.29 is 119 Å². The van der Waals surface area contributed by atoms with Crippen molar-refractivity contribution >= 4 is 32.1 Å². The summed E-state index contributed by atoms with van der Waals surface area (Å²) < 4.78 is 46.2. The van der Waals surface area contributed by atoms with E-state index in [1.807, 2.05) is 91.0 Å². The van der Waals surface area contributed by atoms with Gasteiger partial charge in [-0.25, -0.2) is 0 Å². The average molecular weight is 780 g/mol. The summed E-state index contributed by atoms with van der Waals surface area (Å²) in [5, 5.41) is 33.6. The smallest absolute Gasteiger partial charge is 0.857 e. The van der Waals surface area contributed by atoms with Crippen LogP contribution in [0.25, 0.3) is 0 Å². The van der Waals surface area contributed by atoms with Crippen LogP contribution in [-0.2, 0) is 42.0 Å². The van der Waals surface area contributed by atoms with Crippen LogP contribution >= 0.6 is 0 Å². The van der Waals surface area contributed by atoms with Gasteiger partial charge in [0.2, 0.25) is 0 Å². The topological polar surface area (TPSA) is 167 Å². The first-order valence-corrected chi connectivity index (χ1v) is 17.7. The molecule has 0 aromatic heterocycles. The first-order chi connectivity index (χ1) is 26.1. The number of ether oxygens (including phenoxy) is 1. The number of aliphatic hydroxyl groups is 3. The van der Waals surface area contributed by atoms with Gasteiger partial charge in [0, 0.05) is 79.4 Å². The van der Waals surface area contributed by atoms with Gasteiger partial charge in [-0.3, -0.25) is 0 Å². The van der Waals surface area contributed by atoms with E-state index in [0.717, 1.165) is 51.1 Å². The van der Waals surface area contributed by atoms with E-state index in [-0.39, 0.29) is 88.9 Å². The van der Waals surface area contributed by atoms with Gasteiger partial charge in [-0.2, -0.15) is 43.5 Å². The molecule has 2 bridgehead atoms. The Hall–Kier alpha value is -0.873. The van der Waals surface area contributed by atoms with Gasteiger partial charge in [-0.15, -0.1) is 5.46 Å².